The van der Waals surface area contributed by atoms with Crippen molar-refractivity contribution in [2.75, 3.05) is 0 Å². The predicted molar refractivity (Wildman–Crippen MR) is 127 cm³/mol. The highest BCUT2D eigenvalue weighted by Crippen LogP contribution is 2.53. The van der Waals surface area contributed by atoms with Crippen LogP contribution in [0.15, 0.2) is 66.6 Å². The summed E-state index contributed by atoms with van der Waals surface area (Å²) in [6.45, 7) is 14.0. The SMILES string of the molecule is CC1(c2c[nH]c3ccccc23)CCC(c2ccccc2)=C1O[Si](C)(C)C(C)(C)C. The van der Waals surface area contributed by atoms with Crippen molar-refractivity contribution in [3.05, 3.63) is 77.7 Å². The molecule has 0 saturated carbocycles. The number of hydrogen-bond acceptors (Lipinski definition) is 1. The Hall–Kier alpha value is -2.26. The monoisotopic (exact) mass is 403 g/mol. The molecule has 1 aliphatic rings. The number of benzene rings is 2. The van der Waals surface area contributed by atoms with E-state index >= 15 is 0 Å². The Morgan fingerprint density at radius 1 is 0.966 bits per heavy atom. The Kier molecular flexibility index (Phi) is 4.77. The molecule has 0 saturated heterocycles. The highest BCUT2D eigenvalue weighted by Gasteiger charge is 2.47. The number of aromatic nitrogens is 1. The van der Waals surface area contributed by atoms with Gasteiger partial charge in [-0.2, -0.15) is 0 Å². The van der Waals surface area contributed by atoms with Crippen LogP contribution >= 0.6 is 0 Å². The van der Waals surface area contributed by atoms with Gasteiger partial charge in [-0.05, 0) is 60.7 Å². The quantitative estimate of drug-likeness (QED) is 0.444. The van der Waals surface area contributed by atoms with Crippen LogP contribution in [-0.2, 0) is 9.84 Å². The van der Waals surface area contributed by atoms with Gasteiger partial charge in [0.25, 0.3) is 0 Å². The molecule has 1 aromatic heterocycles. The second-order valence-corrected chi connectivity index (χ2v) is 14.8. The lowest BCUT2D eigenvalue weighted by atomic mass is 9.80. The molecule has 1 N–H and O–H groups in total. The highest BCUT2D eigenvalue weighted by molar-refractivity contribution is 6.74. The largest absolute Gasteiger partial charge is 0.546 e. The van der Waals surface area contributed by atoms with Gasteiger partial charge in [0.1, 0.15) is 0 Å². The summed E-state index contributed by atoms with van der Waals surface area (Å²) in [5.74, 6) is 1.19. The smallest absolute Gasteiger partial charge is 0.250 e. The summed E-state index contributed by atoms with van der Waals surface area (Å²) >= 11 is 0. The van der Waals surface area contributed by atoms with Crippen LogP contribution in [0.2, 0.25) is 18.1 Å². The average molecular weight is 404 g/mol. The molecule has 0 fully saturated rings. The van der Waals surface area contributed by atoms with Crippen molar-refractivity contribution in [3.63, 3.8) is 0 Å². The Bertz CT molecular complexity index is 1060. The normalized spacial score (nSPS) is 20.5. The molecular weight excluding hydrogens is 370 g/mol. The van der Waals surface area contributed by atoms with Crippen molar-refractivity contribution >= 4 is 24.8 Å². The Morgan fingerprint density at radius 2 is 1.62 bits per heavy atom. The van der Waals surface area contributed by atoms with E-state index in [-0.39, 0.29) is 10.5 Å². The van der Waals surface area contributed by atoms with Crippen LogP contribution in [0, 0.1) is 0 Å². The van der Waals surface area contributed by atoms with E-state index in [1.165, 1.54) is 33.4 Å². The van der Waals surface area contributed by atoms with Crippen molar-refractivity contribution < 1.29 is 4.43 Å². The molecule has 2 aromatic carbocycles. The van der Waals surface area contributed by atoms with Gasteiger partial charge < -0.3 is 9.41 Å². The van der Waals surface area contributed by atoms with Gasteiger partial charge in [0.2, 0.25) is 8.32 Å². The number of nitrogens with one attached hydrogen (secondary N) is 1. The minimum atomic E-state index is -1.98. The van der Waals surface area contributed by atoms with Crippen LogP contribution in [0.4, 0.5) is 0 Å². The first kappa shape index (κ1) is 20.0. The fourth-order valence-electron chi connectivity index (χ4n) is 4.22. The third kappa shape index (κ3) is 3.36. The lowest BCUT2D eigenvalue weighted by Crippen LogP contribution is -2.42. The molecule has 3 heteroatoms. The molecule has 4 rings (SSSR count). The van der Waals surface area contributed by atoms with Crippen molar-refractivity contribution in [2.24, 2.45) is 0 Å². The van der Waals surface area contributed by atoms with Gasteiger partial charge in [0.15, 0.2) is 0 Å². The van der Waals surface area contributed by atoms with Crippen LogP contribution in [0.5, 0.6) is 0 Å². The fraction of sp³-hybridized carbons (Fsp3) is 0.385. The maximum Gasteiger partial charge on any atom is 0.250 e. The van der Waals surface area contributed by atoms with E-state index in [4.69, 9.17) is 4.43 Å². The first-order valence-electron chi connectivity index (χ1n) is 10.7. The third-order valence-electron chi connectivity index (χ3n) is 7.12. The number of H-pyrrole nitrogens is 1. The second kappa shape index (κ2) is 6.91. The van der Waals surface area contributed by atoms with Gasteiger partial charge in [-0.25, -0.2) is 0 Å². The minimum absolute atomic E-state index is 0.125. The molecule has 0 amide bonds. The van der Waals surface area contributed by atoms with Crippen molar-refractivity contribution in [1.29, 1.82) is 0 Å². The van der Waals surface area contributed by atoms with E-state index < -0.39 is 8.32 Å². The number of aromatic amines is 1. The second-order valence-electron chi connectivity index (χ2n) is 10.1. The van der Waals surface area contributed by atoms with E-state index in [1.54, 1.807) is 0 Å². The summed E-state index contributed by atoms with van der Waals surface area (Å²) < 4.78 is 7.12. The first-order valence-corrected chi connectivity index (χ1v) is 13.6. The van der Waals surface area contributed by atoms with Gasteiger partial charge in [-0.1, -0.05) is 69.3 Å². The Labute approximate surface area is 176 Å². The lowest BCUT2D eigenvalue weighted by Gasteiger charge is -2.41. The number of rotatable bonds is 4. The summed E-state index contributed by atoms with van der Waals surface area (Å²) in [6.07, 6.45) is 4.32. The zero-order valence-electron chi connectivity index (χ0n) is 18.6. The molecule has 1 atom stereocenters. The van der Waals surface area contributed by atoms with E-state index in [0.29, 0.717) is 0 Å². The number of para-hydroxylation sites is 1. The summed E-state index contributed by atoms with van der Waals surface area (Å²) in [5.41, 5.74) is 5.10. The van der Waals surface area contributed by atoms with Gasteiger partial charge >= 0.3 is 0 Å². The molecule has 1 heterocycles. The summed E-state index contributed by atoms with van der Waals surface area (Å²) in [5, 5.41) is 1.46. The highest BCUT2D eigenvalue weighted by atomic mass is 28.4. The van der Waals surface area contributed by atoms with E-state index in [0.717, 1.165) is 12.8 Å². The summed E-state index contributed by atoms with van der Waals surface area (Å²) in [6, 6.07) is 19.4. The molecule has 0 aliphatic heterocycles. The van der Waals surface area contributed by atoms with Gasteiger partial charge in [-0.15, -0.1) is 0 Å². The topological polar surface area (TPSA) is 25.0 Å². The number of hydrogen-bond donors (Lipinski definition) is 1. The maximum absolute atomic E-state index is 7.12. The molecule has 152 valence electrons. The average Bonchev–Trinajstić information content (AvgIpc) is 3.24. The molecule has 29 heavy (non-hydrogen) atoms. The number of allylic oxidation sites excluding steroid dienone is 2. The predicted octanol–water partition coefficient (Wildman–Crippen LogP) is 7.65. The standard InChI is InChI=1S/C26H33NOSi/c1-25(2,3)29(5,6)28-24-20(19-12-8-7-9-13-19)16-17-26(24,4)22-18-27-23-15-11-10-14-21(22)23/h7-15,18,27H,16-17H2,1-6H3. The van der Waals surface area contributed by atoms with Crippen LogP contribution in [-0.4, -0.2) is 13.3 Å². The van der Waals surface area contributed by atoms with Gasteiger partial charge in [-0.3, -0.25) is 0 Å². The Morgan fingerprint density at radius 3 is 2.31 bits per heavy atom. The van der Waals surface area contributed by atoms with Crippen LogP contribution in [0.25, 0.3) is 16.5 Å². The molecule has 0 radical (unpaired) electrons. The van der Waals surface area contributed by atoms with Crippen LogP contribution in [0.1, 0.15) is 51.7 Å². The zero-order chi connectivity index (χ0) is 20.9. The first-order chi connectivity index (χ1) is 13.6. The number of fused-ring (bicyclic) bond motifs is 1. The van der Waals surface area contributed by atoms with E-state index in [2.05, 4.69) is 107 Å². The molecule has 2 nitrogen and oxygen atoms in total. The maximum atomic E-state index is 7.12. The Balaban J connectivity index is 1.91. The third-order valence-corrected chi connectivity index (χ3v) is 11.4. The summed E-state index contributed by atoms with van der Waals surface area (Å²) in [4.78, 5) is 3.49. The molecule has 1 unspecified atom stereocenters. The molecule has 0 bridgehead atoms. The van der Waals surface area contributed by atoms with Crippen molar-refractivity contribution in [2.45, 2.75) is 64.1 Å². The van der Waals surface area contributed by atoms with Crippen molar-refractivity contribution in [3.8, 4) is 0 Å². The van der Waals surface area contributed by atoms with Gasteiger partial charge in [0, 0.05) is 17.1 Å². The molecular formula is C26H33NOSi. The van der Waals surface area contributed by atoms with E-state index in [1.807, 2.05) is 0 Å². The van der Waals surface area contributed by atoms with Gasteiger partial charge in [0.05, 0.1) is 11.2 Å². The molecule has 3 aromatic rings. The zero-order valence-corrected chi connectivity index (χ0v) is 19.6. The molecule has 1 aliphatic carbocycles. The lowest BCUT2D eigenvalue weighted by molar-refractivity contribution is 0.311. The fourth-order valence-corrected chi connectivity index (χ4v) is 5.38. The minimum Gasteiger partial charge on any atom is -0.546 e. The van der Waals surface area contributed by atoms with Crippen molar-refractivity contribution in [1.82, 2.24) is 4.98 Å². The summed E-state index contributed by atoms with van der Waals surface area (Å²) in [7, 11) is -1.98. The van der Waals surface area contributed by atoms with Crippen LogP contribution < -0.4 is 0 Å². The molecule has 0 spiro atoms. The van der Waals surface area contributed by atoms with Crippen LogP contribution in [0.3, 0.4) is 0 Å². The van der Waals surface area contributed by atoms with E-state index in [9.17, 15) is 0 Å².